The summed E-state index contributed by atoms with van der Waals surface area (Å²) >= 11 is 6.41. The third kappa shape index (κ3) is 5.12. The van der Waals surface area contributed by atoms with E-state index in [-0.39, 0.29) is 18.4 Å². The first-order chi connectivity index (χ1) is 14.3. The molecule has 6 heteroatoms. The van der Waals surface area contributed by atoms with E-state index in [0.29, 0.717) is 22.2 Å². The number of dihydropyridines is 1. The molecule has 162 valence electrons. The monoisotopic (exact) mass is 429 g/mol. The molecule has 30 heavy (non-hydrogen) atoms. The molecular formula is C24H32ClN3O2. The Morgan fingerprint density at radius 3 is 2.57 bits per heavy atom. The maximum Gasteiger partial charge on any atom is 0.254 e. The Morgan fingerprint density at radius 1 is 1.23 bits per heavy atom. The number of halogens is 1. The summed E-state index contributed by atoms with van der Waals surface area (Å²) in [6, 6.07) is 3.67. The number of hydrogen-bond acceptors (Lipinski definition) is 3. The number of amides is 2. The van der Waals surface area contributed by atoms with Gasteiger partial charge in [0.15, 0.2) is 0 Å². The molecule has 3 rings (SSSR count). The van der Waals surface area contributed by atoms with Crippen LogP contribution in [0.1, 0.15) is 62.4 Å². The van der Waals surface area contributed by atoms with E-state index in [2.05, 4.69) is 22.1 Å². The van der Waals surface area contributed by atoms with Crippen LogP contribution in [0.5, 0.6) is 0 Å². The highest BCUT2D eigenvalue weighted by Crippen LogP contribution is 2.32. The summed E-state index contributed by atoms with van der Waals surface area (Å²) in [4.78, 5) is 31.6. The van der Waals surface area contributed by atoms with Crippen molar-refractivity contribution in [3.63, 3.8) is 0 Å². The van der Waals surface area contributed by atoms with E-state index in [1.165, 1.54) is 25.7 Å². The van der Waals surface area contributed by atoms with Crippen LogP contribution in [0, 0.1) is 18.8 Å². The molecule has 1 aromatic rings. The van der Waals surface area contributed by atoms with Crippen molar-refractivity contribution < 1.29 is 9.59 Å². The Labute approximate surface area is 184 Å². The predicted molar refractivity (Wildman–Crippen MR) is 124 cm³/mol. The smallest absolute Gasteiger partial charge is 0.254 e. The number of carbonyl (C=O) groups is 2. The fourth-order valence-electron chi connectivity index (χ4n) is 4.58. The van der Waals surface area contributed by atoms with Crippen LogP contribution in [0.25, 0.3) is 0 Å². The molecule has 1 heterocycles. The molecule has 1 fully saturated rings. The van der Waals surface area contributed by atoms with Crippen molar-refractivity contribution in [3.8, 4) is 0 Å². The van der Waals surface area contributed by atoms with Gasteiger partial charge in [-0.3, -0.25) is 9.59 Å². The summed E-state index contributed by atoms with van der Waals surface area (Å²) in [7, 11) is 0. The van der Waals surface area contributed by atoms with Gasteiger partial charge < -0.3 is 10.2 Å². The maximum atomic E-state index is 13.0. The predicted octanol–water partition coefficient (Wildman–Crippen LogP) is 4.96. The molecule has 2 aliphatic rings. The zero-order chi connectivity index (χ0) is 21.8. The highest BCUT2D eigenvalue weighted by atomic mass is 35.5. The van der Waals surface area contributed by atoms with Gasteiger partial charge in [0, 0.05) is 41.6 Å². The average Bonchev–Trinajstić information content (AvgIpc) is 3.20. The lowest BCUT2D eigenvalue weighted by molar-refractivity contribution is -0.120. The van der Waals surface area contributed by atoms with Crippen LogP contribution in [0.4, 0.5) is 5.69 Å². The van der Waals surface area contributed by atoms with E-state index < -0.39 is 5.92 Å². The summed E-state index contributed by atoms with van der Waals surface area (Å²) in [6.45, 7) is 9.92. The Hall–Kier alpha value is -2.14. The lowest BCUT2D eigenvalue weighted by atomic mass is 9.95. The van der Waals surface area contributed by atoms with Gasteiger partial charge >= 0.3 is 0 Å². The van der Waals surface area contributed by atoms with Gasteiger partial charge in [-0.05, 0) is 70.2 Å². The molecule has 1 aromatic carbocycles. The zero-order valence-corrected chi connectivity index (χ0v) is 19.2. The standard InChI is InChI=1S/C24H32ClN3O2/c1-5-28(14-18-8-6-7-9-18)22-12-19(25)11-20(17(22)4)23(29)26-13-21-15(2)10-16(3)27-24(21)30/h10-12,18,21H,5-9,13-14H2,1-4H3,(H,26,29). The largest absolute Gasteiger partial charge is 0.371 e. The van der Waals surface area contributed by atoms with Gasteiger partial charge in [-0.1, -0.05) is 30.0 Å². The first kappa shape index (κ1) is 22.5. The molecule has 0 spiro atoms. The first-order valence-electron chi connectivity index (χ1n) is 10.9. The van der Waals surface area contributed by atoms with Gasteiger partial charge in [0.1, 0.15) is 0 Å². The van der Waals surface area contributed by atoms with Gasteiger partial charge in [0.25, 0.3) is 11.8 Å². The molecular weight excluding hydrogens is 398 g/mol. The van der Waals surface area contributed by atoms with Crippen LogP contribution in [0.2, 0.25) is 5.02 Å². The Morgan fingerprint density at radius 2 is 1.93 bits per heavy atom. The average molecular weight is 430 g/mol. The molecule has 0 saturated heterocycles. The van der Waals surface area contributed by atoms with Crippen molar-refractivity contribution in [1.82, 2.24) is 5.32 Å². The van der Waals surface area contributed by atoms with Crippen molar-refractivity contribution in [2.75, 3.05) is 24.5 Å². The van der Waals surface area contributed by atoms with E-state index in [1.54, 1.807) is 13.0 Å². The van der Waals surface area contributed by atoms with E-state index in [0.717, 1.165) is 29.9 Å². The fraction of sp³-hybridized carbons (Fsp3) is 0.542. The summed E-state index contributed by atoms with van der Waals surface area (Å²) in [5.41, 5.74) is 4.13. The third-order valence-electron chi connectivity index (χ3n) is 6.30. The second kappa shape index (κ2) is 9.78. The second-order valence-electron chi connectivity index (χ2n) is 8.53. The lowest BCUT2D eigenvalue weighted by Crippen LogP contribution is -2.35. The molecule has 0 aromatic heterocycles. The molecule has 1 aliphatic carbocycles. The number of rotatable bonds is 7. The van der Waals surface area contributed by atoms with Crippen LogP contribution >= 0.6 is 11.6 Å². The van der Waals surface area contributed by atoms with E-state index >= 15 is 0 Å². The maximum absolute atomic E-state index is 13.0. The van der Waals surface area contributed by atoms with Gasteiger partial charge in [-0.25, -0.2) is 4.99 Å². The highest BCUT2D eigenvalue weighted by molar-refractivity contribution is 6.31. The number of aliphatic imine (C=N–C) groups is 1. The van der Waals surface area contributed by atoms with Crippen molar-refractivity contribution in [1.29, 1.82) is 0 Å². The van der Waals surface area contributed by atoms with Crippen LogP contribution in [-0.2, 0) is 4.79 Å². The van der Waals surface area contributed by atoms with Gasteiger partial charge in [0.2, 0.25) is 0 Å². The third-order valence-corrected chi connectivity index (χ3v) is 6.52. The van der Waals surface area contributed by atoms with Crippen molar-refractivity contribution in [3.05, 3.63) is 39.9 Å². The highest BCUT2D eigenvalue weighted by Gasteiger charge is 2.25. The number of nitrogens with zero attached hydrogens (tertiary/aromatic N) is 2. The molecule has 1 unspecified atom stereocenters. The lowest BCUT2D eigenvalue weighted by Gasteiger charge is -2.29. The van der Waals surface area contributed by atoms with Crippen LogP contribution in [0.15, 0.2) is 28.8 Å². The number of nitrogens with one attached hydrogen (secondary N) is 1. The van der Waals surface area contributed by atoms with E-state index in [1.807, 2.05) is 26.0 Å². The zero-order valence-electron chi connectivity index (χ0n) is 18.4. The normalized spacial score (nSPS) is 19.5. The first-order valence-corrected chi connectivity index (χ1v) is 11.3. The topological polar surface area (TPSA) is 61.8 Å². The number of anilines is 1. The van der Waals surface area contributed by atoms with Crippen LogP contribution < -0.4 is 10.2 Å². The number of allylic oxidation sites excluding steroid dienone is 1. The minimum Gasteiger partial charge on any atom is -0.371 e. The molecule has 1 atom stereocenters. The molecule has 2 amide bonds. The number of hydrogen-bond donors (Lipinski definition) is 1. The minimum atomic E-state index is -0.411. The number of benzene rings is 1. The van der Waals surface area contributed by atoms with Gasteiger partial charge in [-0.15, -0.1) is 0 Å². The summed E-state index contributed by atoms with van der Waals surface area (Å²) in [5, 5.41) is 3.47. The van der Waals surface area contributed by atoms with Crippen molar-refractivity contribution in [2.24, 2.45) is 16.8 Å². The summed E-state index contributed by atoms with van der Waals surface area (Å²) in [6.07, 6.45) is 7.05. The molecule has 0 radical (unpaired) electrons. The molecule has 1 saturated carbocycles. The minimum absolute atomic E-state index is 0.204. The van der Waals surface area contributed by atoms with Gasteiger partial charge in [-0.2, -0.15) is 0 Å². The molecule has 1 N–H and O–H groups in total. The Bertz CT molecular complexity index is 885. The second-order valence-corrected chi connectivity index (χ2v) is 8.97. The molecule has 1 aliphatic heterocycles. The van der Waals surface area contributed by atoms with Crippen LogP contribution in [-0.4, -0.2) is 37.2 Å². The quantitative estimate of drug-likeness (QED) is 0.666. The Balaban J connectivity index is 1.76. The fourth-order valence-corrected chi connectivity index (χ4v) is 4.79. The van der Waals surface area contributed by atoms with E-state index in [9.17, 15) is 9.59 Å². The van der Waals surface area contributed by atoms with Crippen molar-refractivity contribution >= 4 is 34.8 Å². The van der Waals surface area contributed by atoms with Gasteiger partial charge in [0.05, 0.1) is 5.92 Å². The summed E-state index contributed by atoms with van der Waals surface area (Å²) in [5.74, 6) is -0.118. The van der Waals surface area contributed by atoms with Crippen LogP contribution in [0.3, 0.4) is 0 Å². The van der Waals surface area contributed by atoms with E-state index in [4.69, 9.17) is 11.6 Å². The molecule has 0 bridgehead atoms. The van der Waals surface area contributed by atoms with Crippen molar-refractivity contribution in [2.45, 2.75) is 53.4 Å². The Kier molecular flexibility index (Phi) is 7.35. The molecule has 5 nitrogen and oxygen atoms in total. The SMILES string of the molecule is CCN(CC1CCCC1)c1cc(Cl)cc(C(=O)NCC2C(=O)N=C(C)C=C2C)c1C. The summed E-state index contributed by atoms with van der Waals surface area (Å²) < 4.78 is 0. The number of carbonyl (C=O) groups excluding carboxylic acids is 2.